The summed E-state index contributed by atoms with van der Waals surface area (Å²) in [7, 11) is 0. The summed E-state index contributed by atoms with van der Waals surface area (Å²) in [5.41, 5.74) is 5.68. The minimum Gasteiger partial charge on any atom is -0.457 e. The first-order valence-electron chi connectivity index (χ1n) is 5.93. The molecular formula is C16H12N2O2. The average Bonchev–Trinajstić information content (AvgIpc) is 2.46. The molecule has 20 heavy (non-hydrogen) atoms. The molecule has 2 aromatic rings. The van der Waals surface area contributed by atoms with Gasteiger partial charge in [-0.05, 0) is 35.9 Å². The summed E-state index contributed by atoms with van der Waals surface area (Å²) in [6.07, 6.45) is 1.43. The van der Waals surface area contributed by atoms with Crippen LogP contribution in [0.25, 0.3) is 6.08 Å². The second kappa shape index (κ2) is 6.21. The number of nitrogens with two attached hydrogens (primary N) is 1. The monoisotopic (exact) mass is 264 g/mol. The van der Waals surface area contributed by atoms with Gasteiger partial charge in [-0.25, -0.2) is 0 Å². The molecule has 0 saturated carbocycles. The van der Waals surface area contributed by atoms with Crippen molar-refractivity contribution in [1.82, 2.24) is 0 Å². The van der Waals surface area contributed by atoms with Gasteiger partial charge in [0, 0.05) is 0 Å². The van der Waals surface area contributed by atoms with Crippen LogP contribution >= 0.6 is 0 Å². The molecule has 1 amide bonds. The molecule has 0 unspecified atom stereocenters. The van der Waals surface area contributed by atoms with Crippen molar-refractivity contribution in [2.24, 2.45) is 5.73 Å². The van der Waals surface area contributed by atoms with Crippen LogP contribution in [0.1, 0.15) is 5.56 Å². The quantitative estimate of drug-likeness (QED) is 0.681. The van der Waals surface area contributed by atoms with Crippen LogP contribution in [0, 0.1) is 11.3 Å². The fourth-order valence-corrected chi connectivity index (χ4v) is 1.62. The van der Waals surface area contributed by atoms with E-state index >= 15 is 0 Å². The van der Waals surface area contributed by atoms with Gasteiger partial charge in [0.05, 0.1) is 0 Å². The standard InChI is InChI=1S/C16H12N2O2/c17-11-13(16(18)19)9-12-5-4-8-15(10-12)20-14-6-2-1-3-7-14/h1-10H,(H2,18,19)/b13-9+. The number of ether oxygens (including phenoxy) is 1. The van der Waals surface area contributed by atoms with E-state index in [4.69, 9.17) is 15.7 Å². The first-order valence-corrected chi connectivity index (χ1v) is 5.93. The molecule has 0 spiro atoms. The van der Waals surface area contributed by atoms with Crippen molar-refractivity contribution in [3.05, 3.63) is 65.7 Å². The highest BCUT2D eigenvalue weighted by Crippen LogP contribution is 2.22. The lowest BCUT2D eigenvalue weighted by atomic mass is 10.1. The second-order valence-electron chi connectivity index (χ2n) is 4.02. The molecule has 0 heterocycles. The van der Waals surface area contributed by atoms with Gasteiger partial charge < -0.3 is 10.5 Å². The Labute approximate surface area is 116 Å². The normalized spacial score (nSPS) is 10.7. The molecule has 0 aliphatic rings. The predicted molar refractivity (Wildman–Crippen MR) is 75.7 cm³/mol. The molecule has 2 rings (SSSR count). The number of carbonyl (C=O) groups is 1. The van der Waals surface area contributed by atoms with E-state index in [0.29, 0.717) is 17.1 Å². The Morgan fingerprint density at radius 2 is 1.80 bits per heavy atom. The summed E-state index contributed by atoms with van der Waals surface area (Å²) >= 11 is 0. The summed E-state index contributed by atoms with van der Waals surface area (Å²) < 4.78 is 5.67. The number of nitriles is 1. The van der Waals surface area contributed by atoms with Gasteiger partial charge in [0.25, 0.3) is 5.91 Å². The van der Waals surface area contributed by atoms with E-state index in [0.717, 1.165) is 0 Å². The lowest BCUT2D eigenvalue weighted by Gasteiger charge is -2.06. The van der Waals surface area contributed by atoms with Crippen molar-refractivity contribution in [3.63, 3.8) is 0 Å². The molecule has 2 aromatic carbocycles. The highest BCUT2D eigenvalue weighted by atomic mass is 16.5. The molecule has 4 heteroatoms. The van der Waals surface area contributed by atoms with Gasteiger partial charge in [0.1, 0.15) is 23.1 Å². The Bertz CT molecular complexity index is 685. The van der Waals surface area contributed by atoms with Crippen LogP contribution in [0.15, 0.2) is 60.2 Å². The van der Waals surface area contributed by atoms with Crippen molar-refractivity contribution < 1.29 is 9.53 Å². The van der Waals surface area contributed by atoms with Gasteiger partial charge in [0.15, 0.2) is 0 Å². The van der Waals surface area contributed by atoms with Crippen LogP contribution in [-0.2, 0) is 4.79 Å². The molecule has 0 saturated heterocycles. The molecule has 98 valence electrons. The van der Waals surface area contributed by atoms with Crippen LogP contribution in [0.4, 0.5) is 0 Å². The number of carbonyl (C=O) groups excluding carboxylic acids is 1. The molecule has 0 radical (unpaired) electrons. The van der Waals surface area contributed by atoms with Gasteiger partial charge in [-0.3, -0.25) is 4.79 Å². The third kappa shape index (κ3) is 3.47. The van der Waals surface area contributed by atoms with Crippen LogP contribution in [0.5, 0.6) is 11.5 Å². The Morgan fingerprint density at radius 3 is 2.45 bits per heavy atom. The molecule has 0 fully saturated rings. The number of primary amides is 1. The van der Waals surface area contributed by atoms with Gasteiger partial charge in [-0.2, -0.15) is 5.26 Å². The molecular weight excluding hydrogens is 252 g/mol. The zero-order valence-corrected chi connectivity index (χ0v) is 10.6. The van der Waals surface area contributed by atoms with Crippen LogP contribution in [0.3, 0.4) is 0 Å². The first-order chi connectivity index (χ1) is 9.69. The smallest absolute Gasteiger partial charge is 0.259 e. The lowest BCUT2D eigenvalue weighted by Crippen LogP contribution is -2.12. The SMILES string of the molecule is N#C/C(=C\c1cccc(Oc2ccccc2)c1)C(N)=O. The van der Waals surface area contributed by atoms with Gasteiger partial charge >= 0.3 is 0 Å². The average molecular weight is 264 g/mol. The third-order valence-electron chi connectivity index (χ3n) is 2.53. The summed E-state index contributed by atoms with van der Waals surface area (Å²) in [6, 6.07) is 18.2. The summed E-state index contributed by atoms with van der Waals surface area (Å²) in [4.78, 5) is 11.0. The number of hydrogen-bond acceptors (Lipinski definition) is 3. The molecule has 2 N–H and O–H groups in total. The molecule has 4 nitrogen and oxygen atoms in total. The largest absolute Gasteiger partial charge is 0.457 e. The number of benzene rings is 2. The minimum absolute atomic E-state index is 0.0955. The first kappa shape index (κ1) is 13.4. The maximum Gasteiger partial charge on any atom is 0.259 e. The van der Waals surface area contributed by atoms with E-state index in [1.165, 1.54) is 6.08 Å². The fraction of sp³-hybridized carbons (Fsp3) is 0. The Morgan fingerprint density at radius 1 is 1.10 bits per heavy atom. The number of amides is 1. The van der Waals surface area contributed by atoms with Crippen molar-refractivity contribution >= 4 is 12.0 Å². The van der Waals surface area contributed by atoms with E-state index < -0.39 is 5.91 Å². The zero-order valence-electron chi connectivity index (χ0n) is 10.6. The highest BCUT2D eigenvalue weighted by Gasteiger charge is 2.04. The van der Waals surface area contributed by atoms with Crippen molar-refractivity contribution in [2.75, 3.05) is 0 Å². The van der Waals surface area contributed by atoms with Crippen molar-refractivity contribution in [1.29, 1.82) is 5.26 Å². The molecule has 0 bridgehead atoms. The van der Waals surface area contributed by atoms with Gasteiger partial charge in [-0.1, -0.05) is 30.3 Å². The number of nitrogens with zero attached hydrogens (tertiary/aromatic N) is 1. The van der Waals surface area contributed by atoms with Gasteiger partial charge in [0.2, 0.25) is 0 Å². The van der Waals surface area contributed by atoms with E-state index in [-0.39, 0.29) is 5.57 Å². The minimum atomic E-state index is -0.748. The molecule has 0 aliphatic heterocycles. The van der Waals surface area contributed by atoms with Crippen molar-refractivity contribution in [3.8, 4) is 17.6 Å². The van der Waals surface area contributed by atoms with Crippen LogP contribution in [-0.4, -0.2) is 5.91 Å². The molecule has 0 aromatic heterocycles. The van der Waals surface area contributed by atoms with Gasteiger partial charge in [-0.15, -0.1) is 0 Å². The highest BCUT2D eigenvalue weighted by molar-refractivity contribution is 6.00. The number of hydrogen-bond donors (Lipinski definition) is 1. The number of para-hydroxylation sites is 1. The summed E-state index contributed by atoms with van der Waals surface area (Å²) in [5, 5.41) is 8.81. The number of rotatable bonds is 4. The van der Waals surface area contributed by atoms with Crippen LogP contribution < -0.4 is 10.5 Å². The lowest BCUT2D eigenvalue weighted by molar-refractivity contribution is -0.114. The maximum absolute atomic E-state index is 11.0. The zero-order chi connectivity index (χ0) is 14.4. The van der Waals surface area contributed by atoms with Crippen molar-refractivity contribution in [2.45, 2.75) is 0 Å². The van der Waals surface area contributed by atoms with E-state index in [1.54, 1.807) is 30.3 Å². The third-order valence-corrected chi connectivity index (χ3v) is 2.53. The second-order valence-corrected chi connectivity index (χ2v) is 4.02. The van der Waals surface area contributed by atoms with E-state index in [9.17, 15) is 4.79 Å². The van der Waals surface area contributed by atoms with Crippen LogP contribution in [0.2, 0.25) is 0 Å². The topological polar surface area (TPSA) is 76.1 Å². The fourth-order valence-electron chi connectivity index (χ4n) is 1.62. The maximum atomic E-state index is 11.0. The van der Waals surface area contributed by atoms with E-state index in [2.05, 4.69) is 0 Å². The Hall–Kier alpha value is -3.06. The molecule has 0 atom stereocenters. The summed E-state index contributed by atoms with van der Waals surface area (Å²) in [6.45, 7) is 0. The predicted octanol–water partition coefficient (Wildman–Crippen LogP) is 2.87. The van der Waals surface area contributed by atoms with E-state index in [1.807, 2.05) is 30.3 Å². The molecule has 0 aliphatic carbocycles. The summed E-state index contributed by atoms with van der Waals surface area (Å²) in [5.74, 6) is 0.581. The Kier molecular flexibility index (Phi) is 4.15. The Balaban J connectivity index is 2.25.